The van der Waals surface area contributed by atoms with Gasteiger partial charge in [0.15, 0.2) is 11.5 Å². The molecule has 3 heterocycles. The number of thioether (sulfide) groups is 1. The second kappa shape index (κ2) is 9.07. The summed E-state index contributed by atoms with van der Waals surface area (Å²) in [7, 11) is 0. The van der Waals surface area contributed by atoms with E-state index in [1.807, 2.05) is 41.3 Å². The second-order valence-corrected chi connectivity index (χ2v) is 9.40. The number of anilines is 1. The molecule has 6 rings (SSSR count). The molecule has 4 aromatic rings. The van der Waals surface area contributed by atoms with Gasteiger partial charge in [0.25, 0.3) is 0 Å². The molecule has 3 aromatic carbocycles. The third-order valence-electron chi connectivity index (χ3n) is 6.45. The number of amides is 2. The van der Waals surface area contributed by atoms with Crippen LogP contribution in [0.15, 0.2) is 90.0 Å². The molecule has 0 spiro atoms. The Bertz CT molecular complexity index is 1380. The fourth-order valence-electron chi connectivity index (χ4n) is 4.79. The van der Waals surface area contributed by atoms with Gasteiger partial charge in [0.2, 0.25) is 0 Å². The number of nitrogens with one attached hydrogen (secondary N) is 1. The number of aromatic nitrogens is 1. The number of carbonyl (C=O) groups excluding carboxylic acids is 1. The van der Waals surface area contributed by atoms with E-state index in [0.29, 0.717) is 36.9 Å². The van der Waals surface area contributed by atoms with Crippen LogP contribution in [-0.4, -0.2) is 35.0 Å². The first-order chi connectivity index (χ1) is 17.2. The molecule has 1 N–H and O–H groups in total. The van der Waals surface area contributed by atoms with Gasteiger partial charge in [-0.1, -0.05) is 30.3 Å². The maximum absolute atomic E-state index is 13.9. The molecule has 2 amide bonds. The summed E-state index contributed by atoms with van der Waals surface area (Å²) in [6, 6.07) is 25.9. The van der Waals surface area contributed by atoms with Gasteiger partial charge in [-0.2, -0.15) is 0 Å². The van der Waals surface area contributed by atoms with Crippen molar-refractivity contribution in [3.63, 3.8) is 0 Å². The minimum atomic E-state index is -0.259. The lowest BCUT2D eigenvalue weighted by atomic mass is 10.0. The largest absolute Gasteiger partial charge is 0.486 e. The van der Waals surface area contributed by atoms with Gasteiger partial charge in [0, 0.05) is 28.5 Å². The van der Waals surface area contributed by atoms with Crippen molar-refractivity contribution in [3.8, 4) is 17.2 Å². The molecule has 1 unspecified atom stereocenters. The first-order valence-electron chi connectivity index (χ1n) is 11.6. The topological polar surface area (TPSA) is 55.7 Å². The van der Waals surface area contributed by atoms with Gasteiger partial charge in [0.05, 0.1) is 18.3 Å². The number of ether oxygens (including phenoxy) is 2. The van der Waals surface area contributed by atoms with E-state index in [-0.39, 0.29) is 12.1 Å². The molecule has 2 aliphatic rings. The number of fused-ring (bicyclic) bond motifs is 4. The Morgan fingerprint density at radius 1 is 0.943 bits per heavy atom. The summed E-state index contributed by atoms with van der Waals surface area (Å²) >= 11 is 1.71. The van der Waals surface area contributed by atoms with Crippen LogP contribution in [0.4, 0.5) is 10.5 Å². The second-order valence-electron chi connectivity index (χ2n) is 8.52. The van der Waals surface area contributed by atoms with Gasteiger partial charge in [-0.15, -0.1) is 11.8 Å². The molecule has 0 fully saturated rings. The Morgan fingerprint density at radius 3 is 2.57 bits per heavy atom. The maximum atomic E-state index is 13.9. The Kier molecular flexibility index (Phi) is 5.62. The van der Waals surface area contributed by atoms with Crippen LogP contribution in [-0.2, 0) is 6.54 Å². The molecule has 35 heavy (non-hydrogen) atoms. The number of urea groups is 1. The lowest BCUT2D eigenvalue weighted by Crippen LogP contribution is -2.38. The first-order valence-corrected chi connectivity index (χ1v) is 12.8. The fraction of sp³-hybridized carbons (Fsp3) is 0.179. The van der Waals surface area contributed by atoms with Gasteiger partial charge in [-0.25, -0.2) is 4.79 Å². The highest BCUT2D eigenvalue weighted by Gasteiger charge is 2.33. The summed E-state index contributed by atoms with van der Waals surface area (Å²) in [6.45, 7) is 1.50. The third-order valence-corrected chi connectivity index (χ3v) is 7.19. The number of hydrogen-bond acceptors (Lipinski definition) is 4. The fourth-order valence-corrected chi connectivity index (χ4v) is 5.20. The molecule has 0 aliphatic carbocycles. The minimum Gasteiger partial charge on any atom is -0.486 e. The predicted octanol–water partition coefficient (Wildman–Crippen LogP) is 6.11. The molecule has 6 nitrogen and oxygen atoms in total. The van der Waals surface area contributed by atoms with E-state index < -0.39 is 0 Å². The summed E-state index contributed by atoms with van der Waals surface area (Å²) < 4.78 is 13.5. The van der Waals surface area contributed by atoms with E-state index >= 15 is 0 Å². The Labute approximate surface area is 208 Å². The zero-order valence-corrected chi connectivity index (χ0v) is 20.1. The van der Waals surface area contributed by atoms with Crippen LogP contribution in [0.25, 0.3) is 5.69 Å². The van der Waals surface area contributed by atoms with Crippen molar-refractivity contribution >= 4 is 23.5 Å². The van der Waals surface area contributed by atoms with Crippen molar-refractivity contribution in [2.45, 2.75) is 17.5 Å². The van der Waals surface area contributed by atoms with Gasteiger partial charge in [-0.3, -0.25) is 0 Å². The van der Waals surface area contributed by atoms with Crippen LogP contribution in [0.5, 0.6) is 11.5 Å². The Morgan fingerprint density at radius 2 is 1.74 bits per heavy atom. The van der Waals surface area contributed by atoms with Gasteiger partial charge >= 0.3 is 6.03 Å². The van der Waals surface area contributed by atoms with E-state index in [0.717, 1.165) is 22.5 Å². The molecule has 176 valence electrons. The molecule has 0 radical (unpaired) electrons. The number of nitrogens with zero attached hydrogens (tertiary/aromatic N) is 2. The molecule has 0 bridgehead atoms. The summed E-state index contributed by atoms with van der Waals surface area (Å²) in [6.07, 6.45) is 4.13. The van der Waals surface area contributed by atoms with Crippen LogP contribution < -0.4 is 14.8 Å². The first kappa shape index (κ1) is 21.7. The molecule has 1 atom stereocenters. The third kappa shape index (κ3) is 4.02. The molecule has 1 aromatic heterocycles. The normalized spacial score (nSPS) is 16.1. The smallest absolute Gasteiger partial charge is 0.322 e. The van der Waals surface area contributed by atoms with E-state index in [1.165, 1.54) is 4.90 Å². The standard InChI is InChI=1S/C28H25N3O3S/c1-35-22-11-8-19(9-12-22)27-24-7-4-14-30(24)23-6-3-2-5-20(23)18-31(27)28(32)29-21-10-13-25-26(17-21)34-16-15-33-25/h2-14,17,27H,15-16,18H2,1H3,(H,29,32). The van der Waals surface area contributed by atoms with Crippen molar-refractivity contribution in [1.29, 1.82) is 0 Å². The predicted molar refractivity (Wildman–Crippen MR) is 138 cm³/mol. The summed E-state index contributed by atoms with van der Waals surface area (Å²) in [5.74, 6) is 1.34. The summed E-state index contributed by atoms with van der Waals surface area (Å²) in [4.78, 5) is 17.0. The zero-order chi connectivity index (χ0) is 23.8. The number of carbonyl (C=O) groups is 1. The highest BCUT2D eigenvalue weighted by atomic mass is 32.2. The van der Waals surface area contributed by atoms with E-state index in [1.54, 1.807) is 11.8 Å². The van der Waals surface area contributed by atoms with Crippen molar-refractivity contribution in [2.75, 3.05) is 24.8 Å². The Balaban J connectivity index is 1.41. The van der Waals surface area contributed by atoms with Crippen LogP contribution >= 0.6 is 11.8 Å². The van der Waals surface area contributed by atoms with Gasteiger partial charge < -0.3 is 24.3 Å². The van der Waals surface area contributed by atoms with Gasteiger partial charge in [-0.05, 0) is 59.8 Å². The van der Waals surface area contributed by atoms with Crippen LogP contribution in [0.2, 0.25) is 0 Å². The number of rotatable bonds is 3. The minimum absolute atomic E-state index is 0.176. The van der Waals surface area contributed by atoms with E-state index in [2.05, 4.69) is 64.8 Å². The lowest BCUT2D eigenvalue weighted by Gasteiger charge is -2.31. The van der Waals surface area contributed by atoms with Crippen LogP contribution in [0.1, 0.15) is 22.9 Å². The van der Waals surface area contributed by atoms with E-state index in [4.69, 9.17) is 9.47 Å². The molecular formula is C28H25N3O3S. The summed E-state index contributed by atoms with van der Waals surface area (Å²) in [5, 5.41) is 3.10. The molecule has 0 saturated heterocycles. The molecule has 2 aliphatic heterocycles. The van der Waals surface area contributed by atoms with Crippen LogP contribution in [0, 0.1) is 0 Å². The average Bonchev–Trinajstić information content (AvgIpc) is 3.33. The number of hydrogen-bond donors (Lipinski definition) is 1. The molecule has 7 heteroatoms. The molecular weight excluding hydrogens is 458 g/mol. The lowest BCUT2D eigenvalue weighted by molar-refractivity contribution is 0.171. The number of para-hydroxylation sites is 1. The van der Waals surface area contributed by atoms with E-state index in [9.17, 15) is 4.79 Å². The maximum Gasteiger partial charge on any atom is 0.322 e. The van der Waals surface area contributed by atoms with Crippen molar-refractivity contribution < 1.29 is 14.3 Å². The Hall–Kier alpha value is -3.84. The quantitative estimate of drug-likeness (QED) is 0.357. The van der Waals surface area contributed by atoms with Crippen molar-refractivity contribution in [1.82, 2.24) is 9.47 Å². The van der Waals surface area contributed by atoms with Crippen molar-refractivity contribution in [3.05, 3.63) is 102 Å². The SMILES string of the molecule is CSc1ccc(C2c3cccn3-c3ccccc3CN2C(=O)Nc2ccc3c(c2)OCCO3)cc1. The molecule has 0 saturated carbocycles. The monoisotopic (exact) mass is 483 g/mol. The van der Waals surface area contributed by atoms with Crippen molar-refractivity contribution in [2.24, 2.45) is 0 Å². The van der Waals surface area contributed by atoms with Gasteiger partial charge in [0.1, 0.15) is 13.2 Å². The highest BCUT2D eigenvalue weighted by Crippen LogP contribution is 2.38. The zero-order valence-electron chi connectivity index (χ0n) is 19.3. The van der Waals surface area contributed by atoms with Crippen LogP contribution in [0.3, 0.4) is 0 Å². The average molecular weight is 484 g/mol. The summed E-state index contributed by atoms with van der Waals surface area (Å²) in [5.41, 5.74) is 4.96. The number of benzene rings is 3. The highest BCUT2D eigenvalue weighted by molar-refractivity contribution is 7.98.